The number of aromatic nitrogens is 2. The van der Waals surface area contributed by atoms with Gasteiger partial charge in [-0.25, -0.2) is 4.79 Å². The maximum absolute atomic E-state index is 11.4. The molecule has 0 radical (unpaired) electrons. The zero-order chi connectivity index (χ0) is 15.1. The molecule has 0 aliphatic heterocycles. The highest BCUT2D eigenvalue weighted by Crippen LogP contribution is 2.03. The summed E-state index contributed by atoms with van der Waals surface area (Å²) in [6.45, 7) is 1.36. The van der Waals surface area contributed by atoms with Crippen molar-refractivity contribution in [3.05, 3.63) is 17.5 Å². The second-order valence-corrected chi connectivity index (χ2v) is 4.12. The Morgan fingerprint density at radius 1 is 1.25 bits per heavy atom. The minimum atomic E-state index is -1.14. The van der Waals surface area contributed by atoms with E-state index in [2.05, 4.69) is 21.0 Å². The quantitative estimate of drug-likeness (QED) is 0.518. The molecule has 0 aliphatic rings. The molecular weight excluding hydrogens is 266 g/mol. The Balaban J connectivity index is 2.25. The Hall–Kier alpha value is -2.58. The van der Waals surface area contributed by atoms with Gasteiger partial charge in [-0.05, 0) is 6.92 Å². The van der Waals surface area contributed by atoms with Crippen LogP contribution in [-0.2, 0) is 23.2 Å². The third kappa shape index (κ3) is 5.38. The van der Waals surface area contributed by atoms with Crippen LogP contribution in [-0.4, -0.2) is 45.9 Å². The number of carboxylic acid groups (broad SMARTS) is 1. The van der Waals surface area contributed by atoms with Crippen molar-refractivity contribution in [2.45, 2.75) is 13.5 Å². The Kier molecular flexibility index (Phi) is 5.51. The molecule has 0 atom stereocenters. The van der Waals surface area contributed by atoms with Crippen LogP contribution in [0, 0.1) is 6.92 Å². The standard InChI is InChI=1S/C11H17N5O4/c1-7-8(6-16(2)15-7)3-13-11(20)14-4-9(17)12-5-10(18)19/h6H,3-5H2,1-2H3,(H,12,17)(H,18,19)(H2,13,14,20). The SMILES string of the molecule is Cc1nn(C)cc1CNC(=O)NCC(=O)NCC(=O)O. The molecule has 1 heterocycles. The van der Waals surface area contributed by atoms with Gasteiger partial charge in [0.15, 0.2) is 0 Å². The summed E-state index contributed by atoms with van der Waals surface area (Å²) >= 11 is 0. The number of urea groups is 1. The number of nitrogens with one attached hydrogen (secondary N) is 3. The lowest BCUT2D eigenvalue weighted by Gasteiger charge is -2.07. The third-order valence-electron chi connectivity index (χ3n) is 2.40. The third-order valence-corrected chi connectivity index (χ3v) is 2.40. The molecule has 4 N–H and O–H groups in total. The van der Waals surface area contributed by atoms with Crippen molar-refractivity contribution < 1.29 is 19.5 Å². The van der Waals surface area contributed by atoms with E-state index in [1.54, 1.807) is 17.9 Å². The number of hydrogen-bond donors (Lipinski definition) is 4. The van der Waals surface area contributed by atoms with Gasteiger partial charge in [-0.15, -0.1) is 0 Å². The lowest BCUT2D eigenvalue weighted by Crippen LogP contribution is -2.42. The minimum Gasteiger partial charge on any atom is -0.480 e. The second-order valence-electron chi connectivity index (χ2n) is 4.12. The van der Waals surface area contributed by atoms with Crippen molar-refractivity contribution in [1.29, 1.82) is 0 Å². The average molecular weight is 283 g/mol. The molecular formula is C11H17N5O4. The molecule has 110 valence electrons. The Morgan fingerprint density at radius 3 is 2.50 bits per heavy atom. The van der Waals surface area contributed by atoms with Gasteiger partial charge in [-0.1, -0.05) is 0 Å². The summed E-state index contributed by atoms with van der Waals surface area (Å²) in [5.74, 6) is -1.71. The van der Waals surface area contributed by atoms with E-state index in [4.69, 9.17) is 5.11 Å². The molecule has 0 unspecified atom stereocenters. The molecule has 0 spiro atoms. The molecule has 0 aliphatic carbocycles. The summed E-state index contributed by atoms with van der Waals surface area (Å²) in [6.07, 6.45) is 1.79. The Bertz CT molecular complexity index is 511. The molecule has 20 heavy (non-hydrogen) atoms. The first kappa shape index (κ1) is 15.5. The maximum Gasteiger partial charge on any atom is 0.322 e. The van der Waals surface area contributed by atoms with E-state index in [-0.39, 0.29) is 6.54 Å². The van der Waals surface area contributed by atoms with Gasteiger partial charge in [0, 0.05) is 25.4 Å². The summed E-state index contributed by atoms with van der Waals surface area (Å²) in [5, 5.41) is 19.5. The number of carboxylic acids is 1. The van der Waals surface area contributed by atoms with E-state index in [1.807, 2.05) is 6.92 Å². The van der Waals surface area contributed by atoms with Gasteiger partial charge in [0.05, 0.1) is 12.2 Å². The molecule has 1 aromatic heterocycles. The van der Waals surface area contributed by atoms with Crippen molar-refractivity contribution in [2.75, 3.05) is 13.1 Å². The van der Waals surface area contributed by atoms with Crippen LogP contribution in [0.1, 0.15) is 11.3 Å². The van der Waals surface area contributed by atoms with Crippen LogP contribution < -0.4 is 16.0 Å². The molecule has 1 rings (SSSR count). The first-order chi connectivity index (χ1) is 9.38. The number of carbonyl (C=O) groups excluding carboxylic acids is 2. The molecule has 0 saturated heterocycles. The lowest BCUT2D eigenvalue weighted by molar-refractivity contribution is -0.137. The molecule has 9 heteroatoms. The maximum atomic E-state index is 11.4. The fourth-order valence-corrected chi connectivity index (χ4v) is 1.46. The van der Waals surface area contributed by atoms with Gasteiger partial charge in [0.1, 0.15) is 6.54 Å². The molecule has 1 aromatic rings. The summed E-state index contributed by atoms with van der Waals surface area (Å²) in [7, 11) is 1.78. The van der Waals surface area contributed by atoms with Gasteiger partial charge in [0.25, 0.3) is 0 Å². The first-order valence-corrected chi connectivity index (χ1v) is 5.87. The molecule has 3 amide bonds. The number of carbonyl (C=O) groups is 3. The Labute approximate surface area is 115 Å². The number of rotatable bonds is 6. The predicted octanol–water partition coefficient (Wildman–Crippen LogP) is -1.27. The number of amides is 3. The summed E-state index contributed by atoms with van der Waals surface area (Å²) in [4.78, 5) is 32.8. The van der Waals surface area contributed by atoms with Gasteiger partial charge in [0.2, 0.25) is 5.91 Å². The summed E-state index contributed by atoms with van der Waals surface area (Å²) in [6, 6.07) is -0.515. The van der Waals surface area contributed by atoms with Crippen LogP contribution in [0.2, 0.25) is 0 Å². The smallest absolute Gasteiger partial charge is 0.322 e. The van der Waals surface area contributed by atoms with Crippen molar-refractivity contribution in [2.24, 2.45) is 7.05 Å². The number of nitrogens with zero attached hydrogens (tertiary/aromatic N) is 2. The Morgan fingerprint density at radius 2 is 1.95 bits per heavy atom. The van der Waals surface area contributed by atoms with Crippen molar-refractivity contribution >= 4 is 17.9 Å². The zero-order valence-electron chi connectivity index (χ0n) is 11.3. The van der Waals surface area contributed by atoms with Crippen molar-refractivity contribution in [3.8, 4) is 0 Å². The fourth-order valence-electron chi connectivity index (χ4n) is 1.46. The van der Waals surface area contributed by atoms with E-state index in [0.717, 1.165) is 11.3 Å². The molecule has 0 aromatic carbocycles. The number of hydrogen-bond acceptors (Lipinski definition) is 4. The van der Waals surface area contributed by atoms with Crippen LogP contribution in [0.15, 0.2) is 6.20 Å². The summed E-state index contributed by atoms with van der Waals surface area (Å²) < 4.78 is 1.64. The largest absolute Gasteiger partial charge is 0.480 e. The van der Waals surface area contributed by atoms with E-state index in [0.29, 0.717) is 6.54 Å². The topological polar surface area (TPSA) is 125 Å². The fraction of sp³-hybridized carbons (Fsp3) is 0.455. The predicted molar refractivity (Wildman–Crippen MR) is 68.8 cm³/mol. The number of aliphatic carboxylic acids is 1. The van der Waals surface area contributed by atoms with Gasteiger partial charge in [-0.2, -0.15) is 5.10 Å². The molecule has 0 bridgehead atoms. The van der Waals surface area contributed by atoms with E-state index < -0.39 is 24.5 Å². The van der Waals surface area contributed by atoms with Crippen LogP contribution in [0.5, 0.6) is 0 Å². The molecule has 0 saturated carbocycles. The van der Waals surface area contributed by atoms with Crippen LogP contribution >= 0.6 is 0 Å². The highest BCUT2D eigenvalue weighted by atomic mass is 16.4. The summed E-state index contributed by atoms with van der Waals surface area (Å²) in [5.41, 5.74) is 1.69. The van der Waals surface area contributed by atoms with Crippen LogP contribution in [0.25, 0.3) is 0 Å². The first-order valence-electron chi connectivity index (χ1n) is 5.87. The van der Waals surface area contributed by atoms with E-state index in [9.17, 15) is 14.4 Å². The highest BCUT2D eigenvalue weighted by molar-refractivity contribution is 5.86. The zero-order valence-corrected chi connectivity index (χ0v) is 11.3. The normalized spacial score (nSPS) is 9.90. The lowest BCUT2D eigenvalue weighted by atomic mass is 10.3. The van der Waals surface area contributed by atoms with Gasteiger partial charge < -0.3 is 21.1 Å². The van der Waals surface area contributed by atoms with E-state index >= 15 is 0 Å². The van der Waals surface area contributed by atoms with Crippen molar-refractivity contribution in [3.63, 3.8) is 0 Å². The van der Waals surface area contributed by atoms with Crippen LogP contribution in [0.3, 0.4) is 0 Å². The number of aryl methyl sites for hydroxylation is 2. The van der Waals surface area contributed by atoms with E-state index in [1.165, 1.54) is 0 Å². The van der Waals surface area contributed by atoms with Gasteiger partial charge in [-0.3, -0.25) is 14.3 Å². The second kappa shape index (κ2) is 7.12. The molecule has 0 fully saturated rings. The van der Waals surface area contributed by atoms with Crippen LogP contribution in [0.4, 0.5) is 4.79 Å². The van der Waals surface area contributed by atoms with Crippen molar-refractivity contribution in [1.82, 2.24) is 25.7 Å². The highest BCUT2D eigenvalue weighted by Gasteiger charge is 2.08. The average Bonchev–Trinajstić information content (AvgIpc) is 2.69. The molecule has 9 nitrogen and oxygen atoms in total. The van der Waals surface area contributed by atoms with Gasteiger partial charge >= 0.3 is 12.0 Å². The minimum absolute atomic E-state index is 0.287. The monoisotopic (exact) mass is 283 g/mol.